The number of halogens is 1. The van der Waals surface area contributed by atoms with Crippen molar-refractivity contribution in [3.05, 3.63) is 33.8 Å². The summed E-state index contributed by atoms with van der Waals surface area (Å²) in [6.45, 7) is 7.78. The molecule has 1 aromatic carbocycles. The summed E-state index contributed by atoms with van der Waals surface area (Å²) in [6.07, 6.45) is 2.98. The fourth-order valence-corrected chi connectivity index (χ4v) is 5.17. The van der Waals surface area contributed by atoms with Gasteiger partial charge in [0, 0.05) is 10.2 Å². The van der Waals surface area contributed by atoms with E-state index in [0.717, 1.165) is 23.1 Å². The number of benzene rings is 1. The predicted molar refractivity (Wildman–Crippen MR) is 107 cm³/mol. The van der Waals surface area contributed by atoms with Crippen molar-refractivity contribution in [2.24, 2.45) is 10.9 Å². The number of hydrogen-bond acceptors (Lipinski definition) is 4. The molecular weight excluding hydrogens is 400 g/mol. The first kappa shape index (κ1) is 18.8. The van der Waals surface area contributed by atoms with Crippen molar-refractivity contribution in [1.82, 2.24) is 5.32 Å². The summed E-state index contributed by atoms with van der Waals surface area (Å²) < 4.78 is 6.44. The molecule has 25 heavy (non-hydrogen) atoms. The van der Waals surface area contributed by atoms with E-state index in [-0.39, 0.29) is 5.54 Å². The number of amidine groups is 1. The molecule has 0 aromatic heterocycles. The number of rotatable bonds is 0. The first-order chi connectivity index (χ1) is 11.7. The number of fused-ring (bicyclic) bond motifs is 3. The average molecular weight is 425 g/mol. The zero-order chi connectivity index (χ0) is 18.2. The molecule has 1 aromatic rings. The second-order valence-corrected chi connectivity index (χ2v) is 9.82. The molecule has 2 aliphatic rings. The van der Waals surface area contributed by atoms with E-state index < -0.39 is 11.7 Å². The highest BCUT2D eigenvalue weighted by Gasteiger charge is 2.42. The number of amides is 1. The van der Waals surface area contributed by atoms with Crippen molar-refractivity contribution in [1.29, 1.82) is 0 Å². The van der Waals surface area contributed by atoms with Crippen LogP contribution in [0, 0.1) is 5.92 Å². The van der Waals surface area contributed by atoms with E-state index in [2.05, 4.69) is 46.4 Å². The number of carbonyl (C=O) groups excluding carboxylic acids is 1. The predicted octanol–water partition coefficient (Wildman–Crippen LogP) is 5.24. The Morgan fingerprint density at radius 3 is 2.92 bits per heavy atom. The molecule has 0 saturated heterocycles. The van der Waals surface area contributed by atoms with Gasteiger partial charge in [-0.1, -0.05) is 33.8 Å². The molecule has 3 rings (SSSR count). The summed E-state index contributed by atoms with van der Waals surface area (Å²) in [5, 5.41) is 3.49. The molecule has 1 amide bonds. The Morgan fingerprint density at radius 1 is 1.44 bits per heavy atom. The third kappa shape index (κ3) is 4.22. The Kier molecular flexibility index (Phi) is 5.22. The first-order valence-electron chi connectivity index (χ1n) is 8.69. The second-order valence-electron chi connectivity index (χ2n) is 7.89. The third-order valence-electron chi connectivity index (χ3n) is 4.77. The Balaban J connectivity index is 1.92. The standard InChI is InChI=1S/C19H25BrN2O2S/c1-18(2,3)24-17(23)21-16-22-19(4)13(11-25-16)7-5-6-12-8-9-14(20)10-15(12)19/h8-10,13H,5-7,11H2,1-4H3,(H,21,22,23). The SMILES string of the molecule is CC(C)(C)OC(=O)NC1=NC2(C)c3cc(Br)ccc3CCCC2CS1. The van der Waals surface area contributed by atoms with Crippen LogP contribution in [0.25, 0.3) is 0 Å². The van der Waals surface area contributed by atoms with Gasteiger partial charge in [0.15, 0.2) is 5.17 Å². The zero-order valence-electron chi connectivity index (χ0n) is 15.2. The molecule has 2 atom stereocenters. The Labute approximate surface area is 162 Å². The van der Waals surface area contributed by atoms with Crippen molar-refractivity contribution in [3.63, 3.8) is 0 Å². The molecule has 6 heteroatoms. The van der Waals surface area contributed by atoms with Gasteiger partial charge in [-0.25, -0.2) is 4.79 Å². The minimum absolute atomic E-state index is 0.314. The molecule has 0 fully saturated rings. The van der Waals surface area contributed by atoms with Crippen LogP contribution in [0.2, 0.25) is 0 Å². The van der Waals surface area contributed by atoms with E-state index in [0.29, 0.717) is 11.1 Å². The first-order valence-corrected chi connectivity index (χ1v) is 10.5. The van der Waals surface area contributed by atoms with Gasteiger partial charge in [-0.3, -0.25) is 10.3 Å². The van der Waals surface area contributed by atoms with Crippen LogP contribution in [0.15, 0.2) is 27.7 Å². The monoisotopic (exact) mass is 424 g/mol. The molecule has 4 nitrogen and oxygen atoms in total. The van der Waals surface area contributed by atoms with Crippen LogP contribution in [-0.4, -0.2) is 22.6 Å². The van der Waals surface area contributed by atoms with Crippen LogP contribution in [0.5, 0.6) is 0 Å². The maximum Gasteiger partial charge on any atom is 0.413 e. The minimum atomic E-state index is -0.518. The van der Waals surface area contributed by atoms with Crippen molar-refractivity contribution in [2.45, 2.75) is 58.1 Å². The van der Waals surface area contributed by atoms with Crippen molar-refractivity contribution in [2.75, 3.05) is 5.75 Å². The van der Waals surface area contributed by atoms with Crippen LogP contribution in [-0.2, 0) is 16.7 Å². The molecule has 1 N–H and O–H groups in total. The summed E-state index contributed by atoms with van der Waals surface area (Å²) in [7, 11) is 0. The van der Waals surface area contributed by atoms with E-state index in [9.17, 15) is 4.79 Å². The summed E-state index contributed by atoms with van der Waals surface area (Å²) in [5.74, 6) is 1.43. The van der Waals surface area contributed by atoms with Crippen LogP contribution in [0.1, 0.15) is 51.7 Å². The molecular formula is C19H25BrN2O2S. The number of aryl methyl sites for hydroxylation is 1. The summed E-state index contributed by atoms with van der Waals surface area (Å²) in [5.41, 5.74) is 1.80. The Hall–Kier alpha value is -1.01. The number of carbonyl (C=O) groups is 1. The molecule has 1 heterocycles. The van der Waals surface area contributed by atoms with Crippen LogP contribution in [0.3, 0.4) is 0 Å². The lowest BCUT2D eigenvalue weighted by molar-refractivity contribution is 0.0564. The van der Waals surface area contributed by atoms with Crippen molar-refractivity contribution >= 4 is 39.0 Å². The van der Waals surface area contributed by atoms with Gasteiger partial charge in [-0.05, 0) is 76.1 Å². The number of alkyl carbamates (subject to hydrolysis) is 1. The molecule has 136 valence electrons. The highest BCUT2D eigenvalue weighted by atomic mass is 79.9. The van der Waals surface area contributed by atoms with Gasteiger partial charge < -0.3 is 4.74 Å². The van der Waals surface area contributed by atoms with E-state index in [1.165, 1.54) is 17.5 Å². The summed E-state index contributed by atoms with van der Waals surface area (Å²) >= 11 is 5.22. The molecule has 0 saturated carbocycles. The van der Waals surface area contributed by atoms with Gasteiger partial charge in [0.05, 0.1) is 5.54 Å². The largest absolute Gasteiger partial charge is 0.444 e. The maximum atomic E-state index is 12.1. The zero-order valence-corrected chi connectivity index (χ0v) is 17.6. The van der Waals surface area contributed by atoms with Crippen LogP contribution < -0.4 is 5.32 Å². The lowest BCUT2D eigenvalue weighted by atomic mass is 9.79. The Bertz CT molecular complexity index is 714. The Morgan fingerprint density at radius 2 is 2.20 bits per heavy atom. The van der Waals surface area contributed by atoms with Gasteiger partial charge in [0.1, 0.15) is 5.60 Å². The topological polar surface area (TPSA) is 50.7 Å². The quantitative estimate of drug-likeness (QED) is 0.618. The van der Waals surface area contributed by atoms with Gasteiger partial charge in [0.2, 0.25) is 0 Å². The number of ether oxygens (including phenoxy) is 1. The van der Waals surface area contributed by atoms with Crippen molar-refractivity contribution < 1.29 is 9.53 Å². The normalized spacial score (nSPS) is 26.0. The van der Waals surface area contributed by atoms with E-state index in [1.54, 1.807) is 11.8 Å². The molecule has 0 spiro atoms. The lowest BCUT2D eigenvalue weighted by Gasteiger charge is -2.38. The highest BCUT2D eigenvalue weighted by molar-refractivity contribution is 9.10. The fraction of sp³-hybridized carbons (Fsp3) is 0.579. The van der Waals surface area contributed by atoms with Crippen LogP contribution in [0.4, 0.5) is 4.79 Å². The fourth-order valence-electron chi connectivity index (χ4n) is 3.55. The minimum Gasteiger partial charge on any atom is -0.444 e. The van der Waals surface area contributed by atoms with Gasteiger partial charge in [-0.15, -0.1) is 0 Å². The van der Waals surface area contributed by atoms with Gasteiger partial charge in [-0.2, -0.15) is 0 Å². The second kappa shape index (κ2) is 6.95. The highest BCUT2D eigenvalue weighted by Crippen LogP contribution is 2.46. The number of hydrogen-bond donors (Lipinski definition) is 1. The van der Waals surface area contributed by atoms with Gasteiger partial charge in [0.25, 0.3) is 0 Å². The molecule has 1 aliphatic carbocycles. The van der Waals surface area contributed by atoms with E-state index >= 15 is 0 Å². The smallest absolute Gasteiger partial charge is 0.413 e. The van der Waals surface area contributed by atoms with E-state index in [4.69, 9.17) is 9.73 Å². The van der Waals surface area contributed by atoms with Gasteiger partial charge >= 0.3 is 6.09 Å². The molecule has 0 bridgehead atoms. The summed E-state index contributed by atoms with van der Waals surface area (Å²) in [4.78, 5) is 17.1. The number of nitrogens with one attached hydrogen (secondary N) is 1. The molecule has 2 unspecified atom stereocenters. The number of aliphatic imine (C=N–C) groups is 1. The number of thioether (sulfide) groups is 1. The maximum absolute atomic E-state index is 12.1. The molecule has 1 aliphatic heterocycles. The van der Waals surface area contributed by atoms with Crippen LogP contribution >= 0.6 is 27.7 Å². The van der Waals surface area contributed by atoms with E-state index in [1.807, 2.05) is 20.8 Å². The lowest BCUT2D eigenvalue weighted by Crippen LogP contribution is -2.42. The third-order valence-corrected chi connectivity index (χ3v) is 6.30. The van der Waals surface area contributed by atoms with Crippen molar-refractivity contribution in [3.8, 4) is 0 Å². The molecule has 0 radical (unpaired) electrons. The average Bonchev–Trinajstić information content (AvgIpc) is 2.61. The number of nitrogens with zero attached hydrogens (tertiary/aromatic N) is 1. The summed E-state index contributed by atoms with van der Waals surface area (Å²) in [6, 6.07) is 6.49.